The Bertz CT molecular complexity index is 692. The molecule has 0 fully saturated rings. The van der Waals surface area contributed by atoms with Crippen molar-refractivity contribution in [3.05, 3.63) is 46.7 Å². The van der Waals surface area contributed by atoms with Crippen LogP contribution in [0.1, 0.15) is 5.69 Å². The Labute approximate surface area is 117 Å². The third-order valence-corrected chi connectivity index (χ3v) is 4.30. The van der Waals surface area contributed by atoms with Crippen LogP contribution in [0.15, 0.2) is 35.2 Å². The predicted octanol–water partition coefficient (Wildman–Crippen LogP) is 4.46. The lowest BCUT2D eigenvalue weighted by atomic mass is 10.2. The summed E-state index contributed by atoms with van der Waals surface area (Å²) < 4.78 is 14.4. The summed E-state index contributed by atoms with van der Waals surface area (Å²) in [5, 5.41) is 7.40. The van der Waals surface area contributed by atoms with Gasteiger partial charge in [0.2, 0.25) is 0 Å². The second kappa shape index (κ2) is 5.07. The van der Waals surface area contributed by atoms with Crippen molar-refractivity contribution in [2.45, 2.75) is 6.92 Å². The van der Waals surface area contributed by atoms with Gasteiger partial charge >= 0.3 is 0 Å². The lowest BCUT2D eigenvalue weighted by molar-refractivity contribution is 0.630. The first-order chi connectivity index (χ1) is 9.24. The molecule has 19 heavy (non-hydrogen) atoms. The highest BCUT2D eigenvalue weighted by atomic mass is 32.1. The van der Waals surface area contributed by atoms with E-state index in [0.29, 0.717) is 10.7 Å². The van der Waals surface area contributed by atoms with Crippen LogP contribution in [-0.4, -0.2) is 9.97 Å². The number of pyridine rings is 1. The standard InChI is InChI=1S/C13H10FN3S2/c1-8-7-19-13(16-8)17-12-11(14)9(4-5-15-12)10-3-2-6-18-10/h2-7H,1H3,(H,15,16,17). The molecule has 0 aromatic carbocycles. The van der Waals surface area contributed by atoms with Gasteiger partial charge in [-0.1, -0.05) is 6.07 Å². The van der Waals surface area contributed by atoms with Crippen molar-refractivity contribution in [3.8, 4) is 10.4 Å². The van der Waals surface area contributed by atoms with Gasteiger partial charge in [0.05, 0.1) is 5.69 Å². The summed E-state index contributed by atoms with van der Waals surface area (Å²) in [6.07, 6.45) is 1.60. The molecular weight excluding hydrogens is 281 g/mol. The van der Waals surface area contributed by atoms with Gasteiger partial charge in [-0.2, -0.15) is 0 Å². The number of hydrogen-bond acceptors (Lipinski definition) is 5. The van der Waals surface area contributed by atoms with Crippen LogP contribution in [0, 0.1) is 12.7 Å². The van der Waals surface area contributed by atoms with Crippen molar-refractivity contribution in [2.24, 2.45) is 0 Å². The van der Waals surface area contributed by atoms with Crippen LogP contribution in [-0.2, 0) is 0 Å². The fraction of sp³-hybridized carbons (Fsp3) is 0.0769. The first-order valence-corrected chi connectivity index (χ1v) is 7.37. The number of hydrogen-bond donors (Lipinski definition) is 1. The molecule has 96 valence electrons. The minimum atomic E-state index is -0.349. The van der Waals surface area contributed by atoms with E-state index in [0.717, 1.165) is 10.6 Å². The van der Waals surface area contributed by atoms with E-state index in [1.165, 1.54) is 22.7 Å². The van der Waals surface area contributed by atoms with Gasteiger partial charge in [0.15, 0.2) is 16.8 Å². The molecule has 3 rings (SSSR count). The molecule has 0 radical (unpaired) electrons. The monoisotopic (exact) mass is 291 g/mol. The molecule has 0 aliphatic carbocycles. The zero-order chi connectivity index (χ0) is 13.2. The second-order valence-corrected chi connectivity index (χ2v) is 5.72. The first kappa shape index (κ1) is 12.3. The average molecular weight is 291 g/mol. The molecule has 0 amide bonds. The first-order valence-electron chi connectivity index (χ1n) is 5.61. The maximum atomic E-state index is 14.4. The Balaban J connectivity index is 1.97. The van der Waals surface area contributed by atoms with Gasteiger partial charge < -0.3 is 5.32 Å². The van der Waals surface area contributed by atoms with Crippen LogP contribution in [0.25, 0.3) is 10.4 Å². The summed E-state index contributed by atoms with van der Waals surface area (Å²) in [5.41, 5.74) is 1.46. The van der Waals surface area contributed by atoms with Gasteiger partial charge in [0.1, 0.15) is 0 Å². The minimum Gasteiger partial charge on any atom is -0.314 e. The topological polar surface area (TPSA) is 37.8 Å². The quantitative estimate of drug-likeness (QED) is 0.774. The molecule has 0 spiro atoms. The van der Waals surface area contributed by atoms with Crippen LogP contribution >= 0.6 is 22.7 Å². The number of aryl methyl sites for hydroxylation is 1. The summed E-state index contributed by atoms with van der Waals surface area (Å²) >= 11 is 2.93. The third kappa shape index (κ3) is 2.50. The number of halogens is 1. The Kier molecular flexibility index (Phi) is 3.27. The summed E-state index contributed by atoms with van der Waals surface area (Å²) in [6, 6.07) is 5.47. The van der Waals surface area contributed by atoms with Crippen molar-refractivity contribution in [1.82, 2.24) is 9.97 Å². The van der Waals surface area contributed by atoms with Gasteiger partial charge in [0, 0.05) is 22.0 Å². The smallest absolute Gasteiger partial charge is 0.188 e. The van der Waals surface area contributed by atoms with E-state index in [-0.39, 0.29) is 11.6 Å². The number of thiophene rings is 1. The minimum absolute atomic E-state index is 0.209. The average Bonchev–Trinajstić information content (AvgIpc) is 3.04. The lowest BCUT2D eigenvalue weighted by Gasteiger charge is -2.06. The molecule has 6 heteroatoms. The molecular formula is C13H10FN3S2. The van der Waals surface area contributed by atoms with Gasteiger partial charge in [0.25, 0.3) is 0 Å². The molecule has 0 aliphatic rings. The highest BCUT2D eigenvalue weighted by Crippen LogP contribution is 2.31. The summed E-state index contributed by atoms with van der Waals surface area (Å²) in [4.78, 5) is 9.17. The summed E-state index contributed by atoms with van der Waals surface area (Å²) in [5.74, 6) is -0.141. The van der Waals surface area contributed by atoms with Crippen molar-refractivity contribution >= 4 is 33.6 Å². The van der Waals surface area contributed by atoms with E-state index in [4.69, 9.17) is 0 Å². The molecule has 3 aromatic rings. The predicted molar refractivity (Wildman–Crippen MR) is 77.6 cm³/mol. The summed E-state index contributed by atoms with van der Waals surface area (Å²) in [6.45, 7) is 1.90. The molecule has 0 atom stereocenters. The van der Waals surface area contributed by atoms with E-state index in [1.54, 1.807) is 12.3 Å². The molecule has 0 saturated carbocycles. The van der Waals surface area contributed by atoms with E-state index < -0.39 is 0 Å². The lowest BCUT2D eigenvalue weighted by Crippen LogP contribution is -1.98. The number of rotatable bonds is 3. The van der Waals surface area contributed by atoms with Crippen LogP contribution < -0.4 is 5.32 Å². The molecule has 1 N–H and O–H groups in total. The zero-order valence-corrected chi connectivity index (χ0v) is 11.7. The van der Waals surface area contributed by atoms with Gasteiger partial charge in [-0.05, 0) is 24.4 Å². The van der Waals surface area contributed by atoms with Crippen LogP contribution in [0.2, 0.25) is 0 Å². The van der Waals surface area contributed by atoms with Crippen LogP contribution in [0.5, 0.6) is 0 Å². The number of nitrogens with one attached hydrogen (secondary N) is 1. The fourth-order valence-corrected chi connectivity index (χ4v) is 3.10. The second-order valence-electron chi connectivity index (χ2n) is 3.92. The van der Waals surface area contributed by atoms with Gasteiger partial charge in [-0.3, -0.25) is 0 Å². The van der Waals surface area contributed by atoms with Crippen molar-refractivity contribution in [2.75, 3.05) is 5.32 Å². The van der Waals surface area contributed by atoms with E-state index >= 15 is 0 Å². The van der Waals surface area contributed by atoms with Gasteiger partial charge in [-0.25, -0.2) is 14.4 Å². The molecule has 0 unspecified atom stereocenters. The Morgan fingerprint density at radius 2 is 2.16 bits per heavy atom. The maximum absolute atomic E-state index is 14.4. The number of aromatic nitrogens is 2. The number of anilines is 2. The van der Waals surface area contributed by atoms with Crippen molar-refractivity contribution < 1.29 is 4.39 Å². The highest BCUT2D eigenvalue weighted by molar-refractivity contribution is 7.14. The van der Waals surface area contributed by atoms with E-state index in [2.05, 4.69) is 15.3 Å². The largest absolute Gasteiger partial charge is 0.314 e. The van der Waals surface area contributed by atoms with Crippen LogP contribution in [0.4, 0.5) is 15.3 Å². The Morgan fingerprint density at radius 1 is 1.26 bits per heavy atom. The molecule has 3 nitrogen and oxygen atoms in total. The highest BCUT2D eigenvalue weighted by Gasteiger charge is 2.13. The normalized spacial score (nSPS) is 10.6. The third-order valence-electron chi connectivity index (χ3n) is 2.52. The van der Waals surface area contributed by atoms with Crippen LogP contribution in [0.3, 0.4) is 0 Å². The zero-order valence-electron chi connectivity index (χ0n) is 10.1. The molecule has 0 bridgehead atoms. The fourth-order valence-electron chi connectivity index (χ4n) is 1.67. The molecule has 3 heterocycles. The van der Waals surface area contributed by atoms with Crippen molar-refractivity contribution in [3.63, 3.8) is 0 Å². The molecule has 3 aromatic heterocycles. The van der Waals surface area contributed by atoms with Crippen molar-refractivity contribution in [1.29, 1.82) is 0 Å². The summed E-state index contributed by atoms with van der Waals surface area (Å²) in [7, 11) is 0. The van der Waals surface area contributed by atoms with Gasteiger partial charge in [-0.15, -0.1) is 22.7 Å². The Hall–Kier alpha value is -1.79. The number of nitrogens with zero attached hydrogens (tertiary/aromatic N) is 2. The SMILES string of the molecule is Cc1csc(Nc2nccc(-c3cccs3)c2F)n1. The molecule has 0 aliphatic heterocycles. The van der Waals surface area contributed by atoms with E-state index in [1.807, 2.05) is 29.8 Å². The number of thiazole rings is 1. The van der Waals surface area contributed by atoms with E-state index in [9.17, 15) is 4.39 Å². The molecule has 0 saturated heterocycles. The maximum Gasteiger partial charge on any atom is 0.188 e. The Morgan fingerprint density at radius 3 is 2.84 bits per heavy atom.